The lowest BCUT2D eigenvalue weighted by molar-refractivity contribution is 0.164. The highest BCUT2D eigenvalue weighted by Crippen LogP contribution is 2.27. The summed E-state index contributed by atoms with van der Waals surface area (Å²) < 4.78 is 5.27. The van der Waals surface area contributed by atoms with Crippen molar-refractivity contribution in [3.8, 4) is 5.75 Å². The molecule has 0 saturated carbocycles. The molecule has 0 bridgehead atoms. The molecule has 0 aliphatic rings. The number of rotatable bonds is 3. The summed E-state index contributed by atoms with van der Waals surface area (Å²) in [4.78, 5) is 0. The van der Waals surface area contributed by atoms with Crippen molar-refractivity contribution >= 4 is 0 Å². The Hall–Kier alpha value is -1.06. The minimum absolute atomic E-state index is 0.340. The molecule has 2 atom stereocenters. The van der Waals surface area contributed by atoms with E-state index in [1.165, 1.54) is 0 Å². The van der Waals surface area contributed by atoms with Crippen molar-refractivity contribution in [2.24, 2.45) is 5.73 Å². The summed E-state index contributed by atoms with van der Waals surface area (Å²) >= 11 is 0. The van der Waals surface area contributed by atoms with Gasteiger partial charge in [0, 0.05) is 0 Å². The van der Waals surface area contributed by atoms with Gasteiger partial charge in [-0.15, -0.1) is 0 Å². The fraction of sp³-hybridized carbons (Fsp3) is 0.500. The molecule has 0 saturated heterocycles. The zero-order valence-corrected chi connectivity index (χ0v) is 9.74. The molecule has 0 aliphatic heterocycles. The smallest absolute Gasteiger partial charge is 0.124 e. The van der Waals surface area contributed by atoms with Crippen LogP contribution in [0.25, 0.3) is 0 Å². The molecule has 0 spiro atoms. The highest BCUT2D eigenvalue weighted by molar-refractivity contribution is 5.44. The van der Waals surface area contributed by atoms with Crippen LogP contribution < -0.4 is 10.5 Å². The van der Waals surface area contributed by atoms with Crippen LogP contribution >= 0.6 is 0 Å². The van der Waals surface area contributed by atoms with E-state index in [2.05, 4.69) is 0 Å². The number of hydrogen-bond acceptors (Lipinski definition) is 3. The maximum atomic E-state index is 9.43. The van der Waals surface area contributed by atoms with Crippen molar-refractivity contribution in [3.63, 3.8) is 0 Å². The summed E-state index contributed by atoms with van der Waals surface area (Å²) in [5.74, 6) is 0.886. The zero-order valence-electron chi connectivity index (χ0n) is 9.74. The highest BCUT2D eigenvalue weighted by Gasteiger charge is 2.14. The lowest BCUT2D eigenvalue weighted by Gasteiger charge is -2.18. The molecule has 1 aromatic rings. The van der Waals surface area contributed by atoms with Gasteiger partial charge in [-0.1, -0.05) is 12.1 Å². The van der Waals surface area contributed by atoms with Gasteiger partial charge in [0.25, 0.3) is 0 Å². The minimum atomic E-state index is -0.544. The van der Waals surface area contributed by atoms with Crippen LogP contribution in [0.4, 0.5) is 0 Å². The molecular weight excluding hydrogens is 190 g/mol. The Bertz CT molecular complexity index is 324. The van der Waals surface area contributed by atoms with Gasteiger partial charge in [-0.3, -0.25) is 0 Å². The average Bonchev–Trinajstić information content (AvgIpc) is 2.15. The summed E-state index contributed by atoms with van der Waals surface area (Å²) in [6, 6.07) is 3.58. The number of aliphatic hydroxyl groups is 1. The molecule has 15 heavy (non-hydrogen) atoms. The lowest BCUT2D eigenvalue weighted by atomic mass is 9.98. The van der Waals surface area contributed by atoms with E-state index in [-0.39, 0.29) is 6.04 Å². The van der Waals surface area contributed by atoms with Crippen molar-refractivity contribution < 1.29 is 9.84 Å². The third kappa shape index (κ3) is 2.49. The lowest BCUT2D eigenvalue weighted by Crippen LogP contribution is -2.23. The van der Waals surface area contributed by atoms with E-state index in [4.69, 9.17) is 10.5 Å². The number of benzene rings is 1. The van der Waals surface area contributed by atoms with E-state index in [0.717, 1.165) is 22.4 Å². The molecular formula is C12H19NO2. The second kappa shape index (κ2) is 4.64. The van der Waals surface area contributed by atoms with Crippen molar-refractivity contribution in [3.05, 3.63) is 28.8 Å². The minimum Gasteiger partial charge on any atom is -0.496 e. The van der Waals surface area contributed by atoms with Crippen LogP contribution in [0.3, 0.4) is 0 Å². The molecule has 3 heteroatoms. The number of aliphatic hydroxyl groups excluding tert-OH is 1. The molecule has 1 rings (SSSR count). The summed E-state index contributed by atoms with van der Waals surface area (Å²) in [6.07, 6.45) is -0.544. The van der Waals surface area contributed by atoms with Crippen LogP contribution in [-0.4, -0.2) is 18.3 Å². The normalized spacial score (nSPS) is 14.8. The molecule has 0 aliphatic carbocycles. The van der Waals surface area contributed by atoms with Gasteiger partial charge in [-0.05, 0) is 37.5 Å². The van der Waals surface area contributed by atoms with Gasteiger partial charge < -0.3 is 15.6 Å². The molecule has 0 heterocycles. The van der Waals surface area contributed by atoms with Gasteiger partial charge >= 0.3 is 0 Å². The first-order valence-corrected chi connectivity index (χ1v) is 5.06. The van der Waals surface area contributed by atoms with E-state index < -0.39 is 6.10 Å². The van der Waals surface area contributed by atoms with E-state index in [9.17, 15) is 5.11 Å². The summed E-state index contributed by atoms with van der Waals surface area (Å²) in [7, 11) is 1.66. The number of aryl methyl sites for hydroxylation is 2. The van der Waals surface area contributed by atoms with Crippen LogP contribution in [-0.2, 0) is 0 Å². The van der Waals surface area contributed by atoms with E-state index >= 15 is 0 Å². The van der Waals surface area contributed by atoms with Gasteiger partial charge in [0.2, 0.25) is 0 Å². The fourth-order valence-corrected chi connectivity index (χ4v) is 1.78. The van der Waals surface area contributed by atoms with Gasteiger partial charge in [0.05, 0.1) is 19.3 Å². The van der Waals surface area contributed by atoms with Crippen LogP contribution in [0, 0.1) is 13.8 Å². The molecule has 0 fully saturated rings. The third-order valence-electron chi connectivity index (χ3n) is 2.59. The largest absolute Gasteiger partial charge is 0.496 e. The fourth-order valence-electron chi connectivity index (χ4n) is 1.78. The maximum Gasteiger partial charge on any atom is 0.124 e. The van der Waals surface area contributed by atoms with Crippen molar-refractivity contribution in [2.75, 3.05) is 7.11 Å². The van der Waals surface area contributed by atoms with E-state index in [1.807, 2.05) is 26.0 Å². The van der Waals surface area contributed by atoms with Gasteiger partial charge in [-0.2, -0.15) is 0 Å². The molecule has 1 aromatic carbocycles. The summed E-state index contributed by atoms with van der Waals surface area (Å²) in [5, 5.41) is 9.43. The topological polar surface area (TPSA) is 55.5 Å². The Labute approximate surface area is 90.9 Å². The van der Waals surface area contributed by atoms with Crippen LogP contribution in [0.2, 0.25) is 0 Å². The quantitative estimate of drug-likeness (QED) is 0.796. The Balaban J connectivity index is 3.14. The van der Waals surface area contributed by atoms with Gasteiger partial charge in [0.1, 0.15) is 5.75 Å². The highest BCUT2D eigenvalue weighted by atomic mass is 16.5. The second-order valence-electron chi connectivity index (χ2n) is 3.95. The Morgan fingerprint density at radius 1 is 1.27 bits per heavy atom. The second-order valence-corrected chi connectivity index (χ2v) is 3.95. The van der Waals surface area contributed by atoms with E-state index in [0.29, 0.717) is 0 Å². The van der Waals surface area contributed by atoms with Crippen molar-refractivity contribution in [2.45, 2.75) is 32.9 Å². The van der Waals surface area contributed by atoms with Crippen LogP contribution in [0.15, 0.2) is 12.1 Å². The van der Waals surface area contributed by atoms with Crippen molar-refractivity contribution in [1.29, 1.82) is 0 Å². The predicted molar refractivity (Wildman–Crippen MR) is 61.1 cm³/mol. The number of nitrogens with two attached hydrogens (primary N) is 1. The van der Waals surface area contributed by atoms with Gasteiger partial charge in [-0.25, -0.2) is 0 Å². The van der Waals surface area contributed by atoms with Gasteiger partial charge in [0.15, 0.2) is 0 Å². The monoisotopic (exact) mass is 209 g/mol. The Morgan fingerprint density at radius 2 is 1.73 bits per heavy atom. The molecule has 0 amide bonds. The average molecular weight is 209 g/mol. The number of hydrogen-bond donors (Lipinski definition) is 2. The molecule has 3 nitrogen and oxygen atoms in total. The summed E-state index contributed by atoms with van der Waals surface area (Å²) in [5.41, 5.74) is 8.91. The SMILES string of the molecule is COc1c(C)cc(C(N)C(C)O)cc1C. The van der Waals surface area contributed by atoms with Crippen LogP contribution in [0.1, 0.15) is 29.7 Å². The Morgan fingerprint density at radius 3 is 2.07 bits per heavy atom. The standard InChI is InChI=1S/C12H19NO2/c1-7-5-10(11(13)9(3)14)6-8(2)12(7)15-4/h5-6,9,11,14H,13H2,1-4H3. The van der Waals surface area contributed by atoms with Crippen molar-refractivity contribution in [1.82, 2.24) is 0 Å². The van der Waals surface area contributed by atoms with Crippen LogP contribution in [0.5, 0.6) is 5.75 Å². The number of ether oxygens (including phenoxy) is 1. The predicted octanol–water partition coefficient (Wildman–Crippen LogP) is 1.69. The van der Waals surface area contributed by atoms with E-state index in [1.54, 1.807) is 14.0 Å². The molecule has 84 valence electrons. The maximum absolute atomic E-state index is 9.43. The summed E-state index contributed by atoms with van der Waals surface area (Å²) in [6.45, 7) is 5.65. The first-order valence-electron chi connectivity index (χ1n) is 5.06. The number of methoxy groups -OCH3 is 1. The molecule has 3 N–H and O–H groups in total. The first-order chi connectivity index (χ1) is 6.97. The molecule has 2 unspecified atom stereocenters. The first kappa shape index (κ1) is 12.0. The zero-order chi connectivity index (χ0) is 11.6. The molecule has 0 aromatic heterocycles. The Kier molecular flexibility index (Phi) is 3.72. The third-order valence-corrected chi connectivity index (χ3v) is 2.59. The molecule has 0 radical (unpaired) electrons.